The molecule has 2 rings (SSSR count). The van der Waals surface area contributed by atoms with E-state index >= 15 is 0 Å². The smallest absolute Gasteiger partial charge is 0.240 e. The molecule has 1 aliphatic rings. The summed E-state index contributed by atoms with van der Waals surface area (Å²) in [6.07, 6.45) is 2.12. The molecule has 0 aliphatic carbocycles. The fraction of sp³-hybridized carbons (Fsp3) is 0.600. The van der Waals surface area contributed by atoms with Crippen molar-refractivity contribution >= 4 is 10.0 Å². The lowest BCUT2D eigenvalue weighted by atomic mass is 9.98. The predicted octanol–water partition coefficient (Wildman–Crippen LogP) is 1.92. The largest absolute Gasteiger partial charge is 0.306 e. The lowest BCUT2D eigenvalue weighted by molar-refractivity contribution is 0.220. The summed E-state index contributed by atoms with van der Waals surface area (Å²) in [5.74, 6) is 0.451. The summed E-state index contributed by atoms with van der Waals surface area (Å²) in [6.45, 7) is 6.57. The van der Waals surface area contributed by atoms with Gasteiger partial charge in [0, 0.05) is 6.54 Å². The highest BCUT2D eigenvalue weighted by atomic mass is 32.2. The molecule has 0 saturated carbocycles. The standard InChI is InChI=1S/C15H24N2O2S/c1-12-4-5-15(10-13(12)2)20(18,19)16-11-14-6-8-17(3)9-7-14/h4-5,10,14,16H,6-9,11H2,1-3H3. The normalized spacial score (nSPS) is 18.4. The number of aryl methyl sites for hydroxylation is 2. The van der Waals surface area contributed by atoms with E-state index in [9.17, 15) is 8.42 Å². The molecule has 1 N–H and O–H groups in total. The first-order chi connectivity index (χ1) is 9.38. The molecule has 112 valence electrons. The van der Waals surface area contributed by atoms with E-state index in [4.69, 9.17) is 0 Å². The van der Waals surface area contributed by atoms with Gasteiger partial charge in [-0.15, -0.1) is 0 Å². The Hall–Kier alpha value is -0.910. The average molecular weight is 296 g/mol. The van der Waals surface area contributed by atoms with E-state index in [-0.39, 0.29) is 0 Å². The predicted molar refractivity (Wildman–Crippen MR) is 81.3 cm³/mol. The van der Waals surface area contributed by atoms with E-state index in [1.165, 1.54) is 0 Å². The molecule has 1 aromatic carbocycles. The van der Waals surface area contributed by atoms with Crippen LogP contribution in [0.15, 0.2) is 23.1 Å². The van der Waals surface area contributed by atoms with Gasteiger partial charge in [0.05, 0.1) is 4.90 Å². The topological polar surface area (TPSA) is 49.4 Å². The number of nitrogens with zero attached hydrogens (tertiary/aromatic N) is 1. The van der Waals surface area contributed by atoms with Gasteiger partial charge in [-0.2, -0.15) is 0 Å². The number of benzene rings is 1. The number of likely N-dealkylation sites (tertiary alicyclic amines) is 1. The zero-order chi connectivity index (χ0) is 14.8. The summed E-state index contributed by atoms with van der Waals surface area (Å²) in [4.78, 5) is 2.66. The molecule has 1 saturated heterocycles. The van der Waals surface area contributed by atoms with E-state index in [2.05, 4.69) is 16.7 Å². The third-order valence-electron chi connectivity index (χ3n) is 4.19. The molecule has 0 aromatic heterocycles. The van der Waals surface area contributed by atoms with E-state index in [0.717, 1.165) is 37.1 Å². The number of sulfonamides is 1. The molecule has 1 fully saturated rings. The zero-order valence-electron chi connectivity index (χ0n) is 12.5. The highest BCUT2D eigenvalue weighted by molar-refractivity contribution is 7.89. The highest BCUT2D eigenvalue weighted by Crippen LogP contribution is 2.18. The molecule has 0 radical (unpaired) electrons. The molecule has 4 nitrogen and oxygen atoms in total. The summed E-state index contributed by atoms with van der Waals surface area (Å²) in [5, 5.41) is 0. The van der Waals surface area contributed by atoms with Crippen molar-refractivity contribution < 1.29 is 8.42 Å². The molecule has 0 unspecified atom stereocenters. The lowest BCUT2D eigenvalue weighted by Gasteiger charge is -2.28. The fourth-order valence-electron chi connectivity index (χ4n) is 2.46. The van der Waals surface area contributed by atoms with E-state index < -0.39 is 10.0 Å². The van der Waals surface area contributed by atoms with Crippen LogP contribution in [-0.2, 0) is 10.0 Å². The quantitative estimate of drug-likeness (QED) is 0.923. The Labute approximate surface area is 122 Å². The van der Waals surface area contributed by atoms with Crippen molar-refractivity contribution in [1.82, 2.24) is 9.62 Å². The Kier molecular flexibility index (Phi) is 4.83. The second-order valence-electron chi connectivity index (χ2n) is 5.84. The van der Waals surface area contributed by atoms with Crippen molar-refractivity contribution in [2.24, 2.45) is 5.92 Å². The minimum atomic E-state index is -3.38. The maximum atomic E-state index is 12.3. The van der Waals surface area contributed by atoms with Crippen LogP contribution in [0.25, 0.3) is 0 Å². The minimum Gasteiger partial charge on any atom is -0.306 e. The third-order valence-corrected chi connectivity index (χ3v) is 5.61. The van der Waals surface area contributed by atoms with E-state index in [1.54, 1.807) is 12.1 Å². The SMILES string of the molecule is Cc1ccc(S(=O)(=O)NCC2CCN(C)CC2)cc1C. The van der Waals surface area contributed by atoms with Gasteiger partial charge in [-0.3, -0.25) is 0 Å². The molecule has 1 aromatic rings. The summed E-state index contributed by atoms with van der Waals surface area (Å²) >= 11 is 0. The highest BCUT2D eigenvalue weighted by Gasteiger charge is 2.20. The van der Waals surface area contributed by atoms with Gasteiger partial charge in [-0.1, -0.05) is 6.07 Å². The number of nitrogens with one attached hydrogen (secondary N) is 1. The van der Waals surface area contributed by atoms with Crippen LogP contribution >= 0.6 is 0 Å². The van der Waals surface area contributed by atoms with Crippen LogP contribution in [0.5, 0.6) is 0 Å². The lowest BCUT2D eigenvalue weighted by Crippen LogP contribution is -2.36. The van der Waals surface area contributed by atoms with Gasteiger partial charge in [0.1, 0.15) is 0 Å². The molecular formula is C15H24N2O2S. The molecule has 0 amide bonds. The molecule has 5 heteroatoms. The van der Waals surface area contributed by atoms with Crippen LogP contribution in [0.4, 0.5) is 0 Å². The molecular weight excluding hydrogens is 272 g/mol. The maximum absolute atomic E-state index is 12.3. The molecule has 20 heavy (non-hydrogen) atoms. The van der Waals surface area contributed by atoms with Crippen molar-refractivity contribution in [3.05, 3.63) is 29.3 Å². The monoisotopic (exact) mass is 296 g/mol. The average Bonchev–Trinajstić information content (AvgIpc) is 2.41. The Bertz CT molecular complexity index is 561. The zero-order valence-corrected chi connectivity index (χ0v) is 13.3. The Morgan fingerprint density at radius 2 is 1.85 bits per heavy atom. The van der Waals surface area contributed by atoms with Crippen LogP contribution in [0.2, 0.25) is 0 Å². The first kappa shape index (κ1) is 15.5. The Morgan fingerprint density at radius 1 is 1.20 bits per heavy atom. The molecule has 1 heterocycles. The third kappa shape index (κ3) is 3.81. The van der Waals surface area contributed by atoms with Crippen molar-refractivity contribution in [2.45, 2.75) is 31.6 Å². The number of hydrogen-bond donors (Lipinski definition) is 1. The fourth-order valence-corrected chi connectivity index (χ4v) is 3.66. The van der Waals surface area contributed by atoms with Crippen molar-refractivity contribution in [3.8, 4) is 0 Å². The number of rotatable bonds is 4. The summed E-state index contributed by atoms with van der Waals surface area (Å²) in [6, 6.07) is 5.28. The van der Waals surface area contributed by atoms with Gasteiger partial charge in [-0.25, -0.2) is 13.1 Å². The van der Waals surface area contributed by atoms with Gasteiger partial charge in [0.15, 0.2) is 0 Å². The molecule has 0 spiro atoms. The summed E-state index contributed by atoms with van der Waals surface area (Å²) in [5.41, 5.74) is 2.12. The number of piperidine rings is 1. The minimum absolute atomic E-state index is 0.369. The van der Waals surface area contributed by atoms with Crippen molar-refractivity contribution in [1.29, 1.82) is 0 Å². The Morgan fingerprint density at radius 3 is 2.45 bits per heavy atom. The summed E-state index contributed by atoms with van der Waals surface area (Å²) in [7, 11) is -1.27. The summed E-state index contributed by atoms with van der Waals surface area (Å²) < 4.78 is 27.3. The van der Waals surface area contributed by atoms with Crippen LogP contribution in [0, 0.1) is 19.8 Å². The van der Waals surface area contributed by atoms with Crippen molar-refractivity contribution in [3.63, 3.8) is 0 Å². The van der Waals surface area contributed by atoms with Crippen LogP contribution in [0.1, 0.15) is 24.0 Å². The van der Waals surface area contributed by atoms with Gasteiger partial charge in [0.25, 0.3) is 0 Å². The molecule has 0 atom stereocenters. The van der Waals surface area contributed by atoms with Crippen LogP contribution in [0.3, 0.4) is 0 Å². The van der Waals surface area contributed by atoms with Crippen LogP contribution < -0.4 is 4.72 Å². The second-order valence-corrected chi connectivity index (χ2v) is 7.61. The first-order valence-electron chi connectivity index (χ1n) is 7.14. The second kappa shape index (κ2) is 6.24. The molecule has 0 bridgehead atoms. The van der Waals surface area contributed by atoms with Gasteiger partial charge < -0.3 is 4.90 Å². The van der Waals surface area contributed by atoms with Crippen LogP contribution in [-0.4, -0.2) is 40.0 Å². The van der Waals surface area contributed by atoms with Gasteiger partial charge >= 0.3 is 0 Å². The van der Waals surface area contributed by atoms with E-state index in [0.29, 0.717) is 17.4 Å². The maximum Gasteiger partial charge on any atom is 0.240 e. The number of hydrogen-bond acceptors (Lipinski definition) is 3. The molecule has 1 aliphatic heterocycles. The van der Waals surface area contributed by atoms with Crippen molar-refractivity contribution in [2.75, 3.05) is 26.7 Å². The van der Waals surface area contributed by atoms with E-state index in [1.807, 2.05) is 19.9 Å². The first-order valence-corrected chi connectivity index (χ1v) is 8.62. The van der Waals surface area contributed by atoms with Gasteiger partial charge in [-0.05, 0) is 76.0 Å². The van der Waals surface area contributed by atoms with Gasteiger partial charge in [0.2, 0.25) is 10.0 Å². The Balaban J connectivity index is 1.98.